The van der Waals surface area contributed by atoms with E-state index in [1.165, 1.54) is 19.4 Å². The van der Waals surface area contributed by atoms with Crippen molar-refractivity contribution in [2.45, 2.75) is 25.8 Å². The molecule has 1 N–H and O–H groups in total. The fourth-order valence-electron chi connectivity index (χ4n) is 1.37. The summed E-state index contributed by atoms with van der Waals surface area (Å²) >= 11 is 0. The van der Waals surface area contributed by atoms with Crippen LogP contribution < -0.4 is 5.32 Å². The van der Waals surface area contributed by atoms with Crippen molar-refractivity contribution in [3.8, 4) is 6.07 Å². The van der Waals surface area contributed by atoms with Gasteiger partial charge in [-0.2, -0.15) is 5.26 Å². The van der Waals surface area contributed by atoms with Crippen LogP contribution >= 0.6 is 17.0 Å². The van der Waals surface area contributed by atoms with E-state index in [1.807, 2.05) is 24.3 Å². The molecule has 2 nitrogen and oxygen atoms in total. The molecule has 1 aromatic carbocycles. The first-order valence-electron chi connectivity index (χ1n) is 5.01. The van der Waals surface area contributed by atoms with Crippen LogP contribution in [-0.4, -0.2) is 12.6 Å². The Kier molecular flexibility index (Phi) is 7.98. The Morgan fingerprint density at radius 2 is 2.00 bits per heavy atom. The topological polar surface area (TPSA) is 35.8 Å². The standard InChI is InChI=1S/C7H5N.C5H11N.BrH/c8-6-7-4-2-1-3-5-7;1-5-3-2-4-6-5;/h1-5H;5-6H,2-4H2,1H3;1H/t;5-;/m.0./s1. The van der Waals surface area contributed by atoms with Crippen molar-refractivity contribution in [2.75, 3.05) is 6.54 Å². The molecule has 82 valence electrons. The minimum Gasteiger partial charge on any atom is -0.314 e. The van der Waals surface area contributed by atoms with Gasteiger partial charge in [-0.3, -0.25) is 0 Å². The molecule has 15 heavy (non-hydrogen) atoms. The quantitative estimate of drug-likeness (QED) is 0.786. The first-order valence-corrected chi connectivity index (χ1v) is 5.01. The zero-order valence-electron chi connectivity index (χ0n) is 8.94. The van der Waals surface area contributed by atoms with E-state index in [0.29, 0.717) is 5.56 Å². The molecule has 2 rings (SSSR count). The van der Waals surface area contributed by atoms with Gasteiger partial charge >= 0.3 is 0 Å². The second-order valence-electron chi connectivity index (χ2n) is 3.48. The highest BCUT2D eigenvalue weighted by molar-refractivity contribution is 8.93. The lowest BCUT2D eigenvalue weighted by molar-refractivity contribution is 0.664. The molecule has 1 aliphatic heterocycles. The Balaban J connectivity index is 0.000000253. The number of nitrogens with zero attached hydrogens (tertiary/aromatic N) is 1. The minimum absolute atomic E-state index is 0. The predicted molar refractivity (Wildman–Crippen MR) is 68.2 cm³/mol. The Hall–Kier alpha value is -0.850. The van der Waals surface area contributed by atoms with Gasteiger partial charge in [0, 0.05) is 6.04 Å². The predicted octanol–water partition coefficient (Wildman–Crippen LogP) is 2.89. The zero-order chi connectivity index (χ0) is 10.2. The van der Waals surface area contributed by atoms with Crippen molar-refractivity contribution in [1.82, 2.24) is 5.32 Å². The van der Waals surface area contributed by atoms with Gasteiger partial charge < -0.3 is 5.32 Å². The van der Waals surface area contributed by atoms with Crippen LogP contribution in [0.3, 0.4) is 0 Å². The van der Waals surface area contributed by atoms with Crippen molar-refractivity contribution >= 4 is 17.0 Å². The molecule has 1 atom stereocenters. The molecule has 1 heterocycles. The van der Waals surface area contributed by atoms with Crippen LogP contribution in [0.2, 0.25) is 0 Å². The molecular weight excluding hydrogens is 252 g/mol. The summed E-state index contributed by atoms with van der Waals surface area (Å²) in [5.74, 6) is 0. The second-order valence-corrected chi connectivity index (χ2v) is 3.48. The van der Waals surface area contributed by atoms with E-state index in [9.17, 15) is 0 Å². The van der Waals surface area contributed by atoms with Gasteiger partial charge in [0.05, 0.1) is 11.6 Å². The molecule has 3 heteroatoms. The third-order valence-corrected chi connectivity index (χ3v) is 2.21. The summed E-state index contributed by atoms with van der Waals surface area (Å²) in [6.45, 7) is 3.47. The van der Waals surface area contributed by atoms with Crippen molar-refractivity contribution in [1.29, 1.82) is 5.26 Å². The normalized spacial score (nSPS) is 18.0. The Morgan fingerprint density at radius 3 is 2.27 bits per heavy atom. The SMILES string of the molecule is Br.C[C@H]1CCCN1.N#Cc1ccccc1. The summed E-state index contributed by atoms with van der Waals surface area (Å²) in [6, 6.07) is 12.0. The maximum Gasteiger partial charge on any atom is 0.0991 e. The molecule has 0 saturated carbocycles. The second kappa shape index (κ2) is 8.46. The lowest BCUT2D eigenvalue weighted by Crippen LogP contribution is -2.16. The number of nitrogens with one attached hydrogen (secondary N) is 1. The largest absolute Gasteiger partial charge is 0.314 e. The molecule has 1 aliphatic rings. The van der Waals surface area contributed by atoms with Crippen LogP contribution in [0, 0.1) is 11.3 Å². The minimum atomic E-state index is 0. The molecule has 1 fully saturated rings. The van der Waals surface area contributed by atoms with E-state index in [4.69, 9.17) is 5.26 Å². The van der Waals surface area contributed by atoms with E-state index in [1.54, 1.807) is 12.1 Å². The zero-order valence-corrected chi connectivity index (χ0v) is 10.7. The number of benzene rings is 1. The molecule has 0 aromatic heterocycles. The maximum absolute atomic E-state index is 8.29. The number of hydrogen-bond donors (Lipinski definition) is 1. The molecule has 1 aromatic rings. The number of hydrogen-bond acceptors (Lipinski definition) is 2. The van der Waals surface area contributed by atoms with Crippen LogP contribution in [0.1, 0.15) is 25.3 Å². The Bertz CT molecular complexity index is 286. The van der Waals surface area contributed by atoms with E-state index >= 15 is 0 Å². The highest BCUT2D eigenvalue weighted by Crippen LogP contribution is 2.01. The van der Waals surface area contributed by atoms with Gasteiger partial charge in [-0.15, -0.1) is 17.0 Å². The summed E-state index contributed by atoms with van der Waals surface area (Å²) < 4.78 is 0. The van der Waals surface area contributed by atoms with Crippen molar-refractivity contribution in [3.05, 3.63) is 35.9 Å². The van der Waals surface area contributed by atoms with Crippen molar-refractivity contribution < 1.29 is 0 Å². The van der Waals surface area contributed by atoms with Gasteiger partial charge in [0.25, 0.3) is 0 Å². The van der Waals surface area contributed by atoms with E-state index in [-0.39, 0.29) is 17.0 Å². The van der Waals surface area contributed by atoms with Gasteiger partial charge in [0.15, 0.2) is 0 Å². The van der Waals surface area contributed by atoms with E-state index < -0.39 is 0 Å². The van der Waals surface area contributed by atoms with Crippen molar-refractivity contribution in [2.24, 2.45) is 0 Å². The summed E-state index contributed by atoms with van der Waals surface area (Å²) in [5.41, 5.74) is 0.715. The van der Waals surface area contributed by atoms with Crippen LogP contribution in [0.5, 0.6) is 0 Å². The maximum atomic E-state index is 8.29. The van der Waals surface area contributed by atoms with E-state index in [2.05, 4.69) is 12.2 Å². The lowest BCUT2D eigenvalue weighted by Gasteiger charge is -1.95. The summed E-state index contributed by atoms with van der Waals surface area (Å²) in [5, 5.41) is 11.6. The molecule has 0 radical (unpaired) electrons. The molecular formula is C12H17BrN2. The molecule has 0 aliphatic carbocycles. The average Bonchev–Trinajstić information content (AvgIpc) is 2.71. The summed E-state index contributed by atoms with van der Waals surface area (Å²) in [7, 11) is 0. The third kappa shape index (κ3) is 6.27. The summed E-state index contributed by atoms with van der Waals surface area (Å²) in [4.78, 5) is 0. The van der Waals surface area contributed by atoms with Crippen LogP contribution in [0.15, 0.2) is 30.3 Å². The summed E-state index contributed by atoms with van der Waals surface area (Å²) in [6.07, 6.45) is 2.75. The van der Waals surface area contributed by atoms with Crippen LogP contribution in [0.4, 0.5) is 0 Å². The van der Waals surface area contributed by atoms with Gasteiger partial charge in [-0.1, -0.05) is 18.2 Å². The molecule has 0 bridgehead atoms. The Morgan fingerprint density at radius 1 is 1.33 bits per heavy atom. The fourth-order valence-corrected chi connectivity index (χ4v) is 1.37. The van der Waals surface area contributed by atoms with Gasteiger partial charge in [-0.05, 0) is 38.4 Å². The average molecular weight is 269 g/mol. The van der Waals surface area contributed by atoms with Gasteiger partial charge in [0.1, 0.15) is 0 Å². The first-order chi connectivity index (χ1) is 6.83. The van der Waals surface area contributed by atoms with Gasteiger partial charge in [-0.25, -0.2) is 0 Å². The molecule has 0 unspecified atom stereocenters. The van der Waals surface area contributed by atoms with E-state index in [0.717, 1.165) is 6.04 Å². The lowest BCUT2D eigenvalue weighted by atomic mass is 10.2. The van der Waals surface area contributed by atoms with Crippen LogP contribution in [0.25, 0.3) is 0 Å². The Labute approximate surface area is 102 Å². The molecule has 1 saturated heterocycles. The fraction of sp³-hybridized carbons (Fsp3) is 0.417. The highest BCUT2D eigenvalue weighted by Gasteiger charge is 2.05. The number of nitriles is 1. The monoisotopic (exact) mass is 268 g/mol. The number of rotatable bonds is 0. The highest BCUT2D eigenvalue weighted by atomic mass is 79.9. The van der Waals surface area contributed by atoms with Crippen LogP contribution in [-0.2, 0) is 0 Å². The van der Waals surface area contributed by atoms with Gasteiger partial charge in [0.2, 0.25) is 0 Å². The molecule has 0 spiro atoms. The molecule has 0 amide bonds. The smallest absolute Gasteiger partial charge is 0.0991 e. The van der Waals surface area contributed by atoms with Crippen molar-refractivity contribution in [3.63, 3.8) is 0 Å². The number of halogens is 1. The first kappa shape index (κ1) is 14.2. The third-order valence-electron chi connectivity index (χ3n) is 2.21.